The number of carbonyl (C=O) groups is 1. The summed E-state index contributed by atoms with van der Waals surface area (Å²) in [7, 11) is -4.09. The quantitative estimate of drug-likeness (QED) is 0.475. The van der Waals surface area contributed by atoms with Crippen molar-refractivity contribution in [1.29, 1.82) is 0 Å². The monoisotopic (exact) mass is 498 g/mol. The van der Waals surface area contributed by atoms with Crippen LogP contribution in [0.15, 0.2) is 65.6 Å². The molecule has 0 heterocycles. The van der Waals surface area contributed by atoms with E-state index in [0.717, 1.165) is 0 Å². The Bertz CT molecular complexity index is 1230. The van der Waals surface area contributed by atoms with E-state index < -0.39 is 10.0 Å². The van der Waals surface area contributed by atoms with Gasteiger partial charge in [-0.3, -0.25) is 4.79 Å². The van der Waals surface area contributed by atoms with Crippen LogP contribution >= 0.6 is 34.8 Å². The van der Waals surface area contributed by atoms with Crippen LogP contribution in [0.3, 0.4) is 0 Å². The van der Waals surface area contributed by atoms with Crippen molar-refractivity contribution >= 4 is 56.4 Å². The highest BCUT2D eigenvalue weighted by atomic mass is 35.5. The van der Waals surface area contributed by atoms with Gasteiger partial charge in [-0.2, -0.15) is 0 Å². The minimum absolute atomic E-state index is 0.0321. The van der Waals surface area contributed by atoms with Gasteiger partial charge in [0.2, 0.25) is 15.9 Å². The summed E-state index contributed by atoms with van der Waals surface area (Å²) in [6.45, 7) is -0.110. The fourth-order valence-corrected chi connectivity index (χ4v) is 4.23. The van der Waals surface area contributed by atoms with Crippen molar-refractivity contribution in [3.8, 4) is 5.75 Å². The molecule has 10 heteroatoms. The van der Waals surface area contributed by atoms with Gasteiger partial charge in [-0.1, -0.05) is 59.1 Å². The lowest BCUT2D eigenvalue weighted by Gasteiger charge is -2.13. The average molecular weight is 500 g/mol. The molecule has 3 aromatic carbocycles. The van der Waals surface area contributed by atoms with Crippen molar-refractivity contribution in [2.45, 2.75) is 17.9 Å². The number of ether oxygens (including phenoxy) is 1. The molecule has 0 atom stereocenters. The number of anilines is 1. The van der Waals surface area contributed by atoms with Crippen molar-refractivity contribution in [3.05, 3.63) is 86.9 Å². The highest BCUT2D eigenvalue weighted by molar-refractivity contribution is 7.89. The highest BCUT2D eigenvalue weighted by Gasteiger charge is 2.17. The molecule has 3 aromatic rings. The minimum atomic E-state index is -4.09. The highest BCUT2D eigenvalue weighted by Crippen LogP contribution is 2.29. The van der Waals surface area contributed by atoms with Crippen molar-refractivity contribution in [2.75, 3.05) is 5.32 Å². The lowest BCUT2D eigenvalue weighted by atomic mass is 10.1. The summed E-state index contributed by atoms with van der Waals surface area (Å²) in [5.74, 6) is -0.0195. The van der Waals surface area contributed by atoms with E-state index in [1.807, 2.05) is 0 Å². The molecule has 0 spiro atoms. The summed E-state index contributed by atoms with van der Waals surface area (Å²) in [6.07, 6.45) is 0.0321. The molecule has 162 valence electrons. The van der Waals surface area contributed by atoms with Gasteiger partial charge in [0.05, 0.1) is 16.3 Å². The van der Waals surface area contributed by atoms with Crippen LogP contribution in [-0.2, 0) is 27.8 Å². The summed E-state index contributed by atoms with van der Waals surface area (Å²) in [5, 5.41) is 9.21. The summed E-state index contributed by atoms with van der Waals surface area (Å²) < 4.78 is 29.8. The van der Waals surface area contributed by atoms with E-state index in [1.54, 1.807) is 42.5 Å². The Morgan fingerprint density at radius 2 is 1.68 bits per heavy atom. The largest absolute Gasteiger partial charge is 0.487 e. The summed E-state index contributed by atoms with van der Waals surface area (Å²) in [4.78, 5) is 12.2. The predicted molar refractivity (Wildman–Crippen MR) is 122 cm³/mol. The zero-order chi connectivity index (χ0) is 22.6. The minimum Gasteiger partial charge on any atom is -0.487 e. The van der Waals surface area contributed by atoms with Gasteiger partial charge in [-0.05, 0) is 42.0 Å². The van der Waals surface area contributed by atoms with Gasteiger partial charge in [0.1, 0.15) is 12.4 Å². The maximum Gasteiger partial charge on any atom is 0.238 e. The van der Waals surface area contributed by atoms with Crippen molar-refractivity contribution in [2.24, 2.45) is 5.14 Å². The number of nitrogens with two attached hydrogens (primary N) is 1. The second kappa shape index (κ2) is 9.89. The van der Waals surface area contributed by atoms with Gasteiger partial charge < -0.3 is 10.1 Å². The normalized spacial score (nSPS) is 11.2. The van der Waals surface area contributed by atoms with E-state index in [2.05, 4.69) is 5.32 Å². The lowest BCUT2D eigenvalue weighted by Crippen LogP contribution is -2.18. The molecule has 3 N–H and O–H groups in total. The first-order valence-corrected chi connectivity index (χ1v) is 11.6. The van der Waals surface area contributed by atoms with Crippen LogP contribution in [0.5, 0.6) is 5.75 Å². The second-order valence-electron chi connectivity index (χ2n) is 6.55. The van der Waals surface area contributed by atoms with Crippen molar-refractivity contribution < 1.29 is 17.9 Å². The first kappa shape index (κ1) is 23.4. The van der Waals surface area contributed by atoms with Crippen LogP contribution < -0.4 is 15.2 Å². The van der Waals surface area contributed by atoms with E-state index >= 15 is 0 Å². The maximum absolute atomic E-state index is 12.4. The molecule has 31 heavy (non-hydrogen) atoms. The summed E-state index contributed by atoms with van der Waals surface area (Å²) in [6, 6.07) is 16.0. The van der Waals surface area contributed by atoms with E-state index in [0.29, 0.717) is 26.9 Å². The Morgan fingerprint density at radius 3 is 2.35 bits per heavy atom. The molecule has 6 nitrogen and oxygen atoms in total. The molecular formula is C21H17Cl3N2O4S. The molecule has 0 radical (unpaired) electrons. The second-order valence-corrected chi connectivity index (χ2v) is 9.33. The number of amides is 1. The fraction of sp³-hybridized carbons (Fsp3) is 0.0952. The Balaban J connectivity index is 1.78. The predicted octanol–water partition coefficient (Wildman–Crippen LogP) is 5.05. The fourth-order valence-electron chi connectivity index (χ4n) is 2.78. The molecule has 0 saturated heterocycles. The number of rotatable bonds is 7. The molecule has 0 aromatic heterocycles. The van der Waals surface area contributed by atoms with Gasteiger partial charge in [0.25, 0.3) is 0 Å². The zero-order valence-corrected chi connectivity index (χ0v) is 19.0. The van der Waals surface area contributed by atoms with Crippen LogP contribution in [0.4, 0.5) is 5.69 Å². The SMILES string of the molecule is NS(=O)(=O)c1cc(NC(=O)Cc2ccccc2Cl)ccc1COc1ccc(Cl)cc1Cl. The van der Waals surface area contributed by atoms with Crippen LogP contribution in [-0.4, -0.2) is 14.3 Å². The third-order valence-electron chi connectivity index (χ3n) is 4.24. The number of benzene rings is 3. The smallest absolute Gasteiger partial charge is 0.238 e. The van der Waals surface area contributed by atoms with Crippen molar-refractivity contribution in [3.63, 3.8) is 0 Å². The van der Waals surface area contributed by atoms with Crippen molar-refractivity contribution in [1.82, 2.24) is 0 Å². The van der Waals surface area contributed by atoms with E-state index in [-0.39, 0.29) is 34.5 Å². The molecule has 0 fully saturated rings. The number of carbonyl (C=O) groups excluding carboxylic acids is 1. The molecule has 0 aliphatic heterocycles. The summed E-state index contributed by atoms with van der Waals surface area (Å²) in [5.41, 5.74) is 1.23. The number of sulfonamides is 1. The molecule has 0 aliphatic carbocycles. The molecule has 0 bridgehead atoms. The standard InChI is InChI=1S/C21H17Cl3N2O4S/c22-15-6-8-19(18(24)10-15)30-12-14-5-7-16(11-20(14)31(25,28)29)26-21(27)9-13-3-1-2-4-17(13)23/h1-8,10-11H,9,12H2,(H,26,27)(H2,25,28,29). The van der Waals surface area contributed by atoms with Gasteiger partial charge in [0, 0.05) is 21.3 Å². The maximum atomic E-state index is 12.4. The third kappa shape index (κ3) is 6.35. The average Bonchev–Trinajstić information content (AvgIpc) is 2.69. The molecule has 0 saturated carbocycles. The van der Waals surface area contributed by atoms with Gasteiger partial charge in [-0.25, -0.2) is 13.6 Å². The first-order valence-electron chi connectivity index (χ1n) is 8.90. The topological polar surface area (TPSA) is 98.5 Å². The van der Waals surface area contributed by atoms with Crippen LogP contribution in [0, 0.1) is 0 Å². The van der Waals surface area contributed by atoms with Gasteiger partial charge in [-0.15, -0.1) is 0 Å². The Hall–Kier alpha value is -2.29. The zero-order valence-electron chi connectivity index (χ0n) is 15.9. The number of nitrogens with one attached hydrogen (secondary N) is 1. The Labute approximate surface area is 194 Å². The first-order chi connectivity index (χ1) is 14.6. The Morgan fingerprint density at radius 1 is 0.935 bits per heavy atom. The number of hydrogen-bond acceptors (Lipinski definition) is 4. The Kier molecular flexibility index (Phi) is 7.46. The van der Waals surface area contributed by atoms with Crippen LogP contribution in [0.25, 0.3) is 0 Å². The number of halogens is 3. The summed E-state index contributed by atoms with van der Waals surface area (Å²) >= 11 is 18.0. The number of hydrogen-bond donors (Lipinski definition) is 2. The number of primary sulfonamides is 1. The molecule has 0 unspecified atom stereocenters. The lowest BCUT2D eigenvalue weighted by molar-refractivity contribution is -0.115. The molecule has 1 amide bonds. The molecular weight excluding hydrogens is 483 g/mol. The van der Waals surface area contributed by atoms with Crippen LogP contribution in [0.2, 0.25) is 15.1 Å². The van der Waals surface area contributed by atoms with Gasteiger partial charge in [0.15, 0.2) is 0 Å². The third-order valence-corrected chi connectivity index (χ3v) is 6.14. The van der Waals surface area contributed by atoms with Crippen LogP contribution in [0.1, 0.15) is 11.1 Å². The van der Waals surface area contributed by atoms with E-state index in [9.17, 15) is 13.2 Å². The van der Waals surface area contributed by atoms with Gasteiger partial charge >= 0.3 is 0 Å². The van der Waals surface area contributed by atoms with E-state index in [4.69, 9.17) is 44.7 Å². The molecule has 0 aliphatic rings. The molecule has 3 rings (SSSR count). The van der Waals surface area contributed by atoms with E-state index in [1.165, 1.54) is 18.2 Å².